The third-order valence-corrected chi connectivity index (χ3v) is 9.94. The van der Waals surface area contributed by atoms with E-state index >= 15 is 0 Å². The van der Waals surface area contributed by atoms with Crippen molar-refractivity contribution in [3.63, 3.8) is 0 Å². The van der Waals surface area contributed by atoms with E-state index in [1.807, 2.05) is 54.6 Å². The lowest BCUT2D eigenvalue weighted by Crippen LogP contribution is -2.55. The van der Waals surface area contributed by atoms with Crippen molar-refractivity contribution in [2.24, 2.45) is 0 Å². The number of rotatable bonds is 9. The highest BCUT2D eigenvalue weighted by Crippen LogP contribution is 2.30. The van der Waals surface area contributed by atoms with Crippen molar-refractivity contribution >= 4 is 43.7 Å². The molecule has 1 saturated carbocycles. The number of hydrogen-bond donors (Lipinski definition) is 1. The van der Waals surface area contributed by atoms with Crippen LogP contribution in [0, 0.1) is 0 Å². The number of fused-ring (bicyclic) bond motifs is 1. The molecule has 1 aliphatic carbocycles. The lowest BCUT2D eigenvalue weighted by atomic mass is 9.94. The third-order valence-electron chi connectivity index (χ3n) is 7.66. The van der Waals surface area contributed by atoms with Crippen LogP contribution >= 0.6 is 15.9 Å². The minimum absolute atomic E-state index is 0.0207. The lowest BCUT2D eigenvalue weighted by Gasteiger charge is -2.34. The largest absolute Gasteiger partial charge is 0.352 e. The van der Waals surface area contributed by atoms with Gasteiger partial charge in [-0.3, -0.25) is 14.4 Å². The molecule has 214 valence electrons. The van der Waals surface area contributed by atoms with Crippen LogP contribution < -0.4 is 5.32 Å². The lowest BCUT2D eigenvalue weighted by molar-refractivity contribution is -0.141. The minimum atomic E-state index is -4.20. The Morgan fingerprint density at radius 2 is 1.61 bits per heavy atom. The first-order valence-electron chi connectivity index (χ1n) is 13.8. The van der Waals surface area contributed by atoms with E-state index in [1.165, 1.54) is 17.0 Å². The summed E-state index contributed by atoms with van der Waals surface area (Å²) in [6, 6.07) is 21.8. The molecule has 5 rings (SSSR count). The zero-order chi connectivity index (χ0) is 29.0. The van der Waals surface area contributed by atoms with E-state index in [2.05, 4.69) is 21.2 Å². The van der Waals surface area contributed by atoms with Crippen LogP contribution in [-0.4, -0.2) is 54.0 Å². The van der Waals surface area contributed by atoms with Crippen molar-refractivity contribution in [1.29, 1.82) is 0 Å². The summed E-state index contributed by atoms with van der Waals surface area (Å²) in [7, 11) is -4.20. The van der Waals surface area contributed by atoms with Crippen LogP contribution in [0.5, 0.6) is 0 Å². The Bertz CT molecular complexity index is 1540. The van der Waals surface area contributed by atoms with E-state index in [-0.39, 0.29) is 35.4 Å². The van der Waals surface area contributed by atoms with Gasteiger partial charge in [-0.2, -0.15) is 0 Å². The van der Waals surface area contributed by atoms with Gasteiger partial charge in [-0.1, -0.05) is 89.8 Å². The second-order valence-electron chi connectivity index (χ2n) is 10.5. The van der Waals surface area contributed by atoms with Gasteiger partial charge in [0, 0.05) is 23.5 Å². The first-order chi connectivity index (χ1) is 19.7. The van der Waals surface area contributed by atoms with Crippen LogP contribution in [0.1, 0.15) is 53.6 Å². The summed E-state index contributed by atoms with van der Waals surface area (Å²) in [6.07, 6.45) is 5.19. The van der Waals surface area contributed by atoms with Crippen molar-refractivity contribution in [2.45, 2.75) is 62.0 Å². The molecule has 2 aliphatic rings. The Labute approximate surface area is 248 Å². The Balaban J connectivity index is 1.49. The van der Waals surface area contributed by atoms with Crippen molar-refractivity contribution < 1.29 is 22.8 Å². The van der Waals surface area contributed by atoms with Gasteiger partial charge < -0.3 is 10.2 Å². The number of amides is 3. The van der Waals surface area contributed by atoms with Gasteiger partial charge in [-0.15, -0.1) is 0 Å². The number of nitrogens with zero attached hydrogens (tertiary/aromatic N) is 2. The maximum Gasteiger partial charge on any atom is 0.269 e. The number of hydrogen-bond acceptors (Lipinski definition) is 5. The van der Waals surface area contributed by atoms with Crippen molar-refractivity contribution in [3.05, 3.63) is 100 Å². The summed E-state index contributed by atoms with van der Waals surface area (Å²) in [4.78, 5) is 42.4. The summed E-state index contributed by atoms with van der Waals surface area (Å²) in [6.45, 7) is -0.644. The normalized spacial score (nSPS) is 17.1. The van der Waals surface area contributed by atoms with E-state index in [9.17, 15) is 22.8 Å². The van der Waals surface area contributed by atoms with Crippen LogP contribution in [0.15, 0.2) is 88.2 Å². The maximum absolute atomic E-state index is 14.1. The van der Waals surface area contributed by atoms with Crippen LogP contribution in [-0.2, 0) is 32.6 Å². The molecule has 0 saturated heterocycles. The zero-order valence-electron chi connectivity index (χ0n) is 22.5. The maximum atomic E-state index is 14.1. The highest BCUT2D eigenvalue weighted by molar-refractivity contribution is 9.10. The number of sulfonamides is 1. The minimum Gasteiger partial charge on any atom is -0.352 e. The second kappa shape index (κ2) is 12.6. The van der Waals surface area contributed by atoms with E-state index in [0.29, 0.717) is 4.31 Å². The number of benzene rings is 3. The highest BCUT2D eigenvalue weighted by atomic mass is 79.9. The molecular weight excluding hydrogens is 606 g/mol. The van der Waals surface area contributed by atoms with Gasteiger partial charge >= 0.3 is 0 Å². The second-order valence-corrected chi connectivity index (χ2v) is 13.3. The molecule has 41 heavy (non-hydrogen) atoms. The summed E-state index contributed by atoms with van der Waals surface area (Å²) in [5.41, 5.74) is 1.66. The molecule has 3 amide bonds. The van der Waals surface area contributed by atoms with E-state index in [4.69, 9.17) is 0 Å². The molecule has 10 heteroatoms. The standard InChI is InChI=1S/C31H32BrN3O5S/c32-24-13-9-12-23(18-24)20-34(29(36)21-35-31(38)26-16-7-8-17-28(26)41(35,39)40)27(19-22-10-3-1-4-11-22)30(37)33-25-14-5-2-6-15-25/h1,3-4,7-13,16-18,25,27H,2,5-6,14-15,19-21H2,(H,33,37)/t27-/m1/s1. The first kappa shape index (κ1) is 29.0. The molecule has 0 bridgehead atoms. The van der Waals surface area contributed by atoms with Gasteiger partial charge in [0.2, 0.25) is 11.8 Å². The van der Waals surface area contributed by atoms with Gasteiger partial charge in [0.25, 0.3) is 15.9 Å². The number of carbonyl (C=O) groups excluding carboxylic acids is 3. The predicted molar refractivity (Wildman–Crippen MR) is 158 cm³/mol. The van der Waals surface area contributed by atoms with Crippen LogP contribution in [0.4, 0.5) is 0 Å². The first-order valence-corrected chi connectivity index (χ1v) is 16.0. The van der Waals surface area contributed by atoms with Gasteiger partial charge in [-0.25, -0.2) is 12.7 Å². The fourth-order valence-electron chi connectivity index (χ4n) is 5.53. The highest BCUT2D eigenvalue weighted by Gasteiger charge is 2.43. The van der Waals surface area contributed by atoms with Crippen molar-refractivity contribution in [1.82, 2.24) is 14.5 Å². The van der Waals surface area contributed by atoms with E-state index < -0.39 is 34.4 Å². The predicted octanol–water partition coefficient (Wildman–Crippen LogP) is 4.68. The Morgan fingerprint density at radius 1 is 0.927 bits per heavy atom. The molecule has 1 aliphatic heterocycles. The SMILES string of the molecule is O=C(NC1CCCCC1)[C@@H](Cc1ccccc1)N(Cc1cccc(Br)c1)C(=O)CN1C(=O)c2ccccc2S1(=O)=O. The molecule has 0 aromatic heterocycles. The fraction of sp³-hybridized carbons (Fsp3) is 0.323. The molecule has 0 radical (unpaired) electrons. The molecule has 1 fully saturated rings. The molecule has 1 heterocycles. The Hall–Kier alpha value is -3.50. The summed E-state index contributed by atoms with van der Waals surface area (Å²) >= 11 is 3.47. The topological polar surface area (TPSA) is 104 Å². The Morgan fingerprint density at radius 3 is 2.32 bits per heavy atom. The number of carbonyl (C=O) groups is 3. The summed E-state index contributed by atoms with van der Waals surface area (Å²) in [5, 5.41) is 3.16. The smallest absolute Gasteiger partial charge is 0.269 e. The molecule has 1 N–H and O–H groups in total. The monoisotopic (exact) mass is 637 g/mol. The molecule has 0 unspecified atom stereocenters. The molecule has 1 atom stereocenters. The van der Waals surface area contributed by atoms with Gasteiger partial charge in [0.15, 0.2) is 0 Å². The van der Waals surface area contributed by atoms with E-state index in [1.54, 1.807) is 12.1 Å². The average molecular weight is 639 g/mol. The van der Waals surface area contributed by atoms with Gasteiger partial charge in [0.05, 0.1) is 5.56 Å². The number of nitrogens with one attached hydrogen (secondary N) is 1. The number of halogens is 1. The molecule has 8 nitrogen and oxygen atoms in total. The van der Waals surface area contributed by atoms with Gasteiger partial charge in [0.1, 0.15) is 17.5 Å². The third kappa shape index (κ3) is 6.54. The van der Waals surface area contributed by atoms with Gasteiger partial charge in [-0.05, 0) is 48.2 Å². The van der Waals surface area contributed by atoms with Crippen LogP contribution in [0.3, 0.4) is 0 Å². The zero-order valence-corrected chi connectivity index (χ0v) is 24.9. The summed E-state index contributed by atoms with van der Waals surface area (Å²) in [5.74, 6) is -1.67. The van der Waals surface area contributed by atoms with Crippen molar-refractivity contribution in [3.8, 4) is 0 Å². The van der Waals surface area contributed by atoms with Crippen LogP contribution in [0.25, 0.3) is 0 Å². The fourth-order valence-corrected chi connectivity index (χ4v) is 7.50. The molecule has 0 spiro atoms. The van der Waals surface area contributed by atoms with E-state index in [0.717, 1.165) is 47.7 Å². The molecular formula is C31H32BrN3O5S. The Kier molecular flexibility index (Phi) is 8.89. The average Bonchev–Trinajstić information content (AvgIpc) is 3.16. The van der Waals surface area contributed by atoms with Crippen LogP contribution in [0.2, 0.25) is 0 Å². The summed E-state index contributed by atoms with van der Waals surface area (Å²) < 4.78 is 27.9. The van der Waals surface area contributed by atoms with Crippen molar-refractivity contribution in [2.75, 3.05) is 6.54 Å². The molecule has 3 aromatic carbocycles. The molecule has 3 aromatic rings. The quantitative estimate of drug-likeness (QED) is 0.367.